The molecule has 1 aliphatic rings. The summed E-state index contributed by atoms with van der Waals surface area (Å²) >= 11 is 0. The molecule has 0 spiro atoms. The number of ether oxygens (including phenoxy) is 3. The molecule has 0 aliphatic carbocycles. The molecule has 0 radical (unpaired) electrons. The van der Waals surface area contributed by atoms with Crippen LogP contribution >= 0.6 is 0 Å². The highest BCUT2D eigenvalue weighted by Crippen LogP contribution is 2.31. The van der Waals surface area contributed by atoms with Gasteiger partial charge in [-0.05, 0) is 29.8 Å². The largest absolute Gasteiger partial charge is 0.493 e. The van der Waals surface area contributed by atoms with Crippen LogP contribution < -0.4 is 9.47 Å². The molecule has 0 bridgehead atoms. The van der Waals surface area contributed by atoms with Crippen LogP contribution in [0.15, 0.2) is 53.2 Å². The van der Waals surface area contributed by atoms with Crippen molar-refractivity contribution in [2.75, 3.05) is 7.11 Å². The maximum Gasteiger partial charge on any atom is 0.387 e. The third-order valence-corrected chi connectivity index (χ3v) is 3.63. The quantitative estimate of drug-likeness (QED) is 0.324. The van der Waals surface area contributed by atoms with Gasteiger partial charge < -0.3 is 14.2 Å². The molecule has 0 unspecified atom stereocenters. The second kappa shape index (κ2) is 7.82. The van der Waals surface area contributed by atoms with Gasteiger partial charge in [-0.1, -0.05) is 12.1 Å². The van der Waals surface area contributed by atoms with Crippen LogP contribution in [-0.4, -0.2) is 30.5 Å². The molecule has 0 amide bonds. The predicted molar refractivity (Wildman–Crippen MR) is 93.3 cm³/mol. The van der Waals surface area contributed by atoms with Crippen LogP contribution in [0, 0.1) is 10.1 Å². The number of halogens is 2. The Morgan fingerprint density at radius 3 is 2.68 bits per heavy atom. The molecule has 2 aromatic carbocycles. The number of hydrogen-bond donors (Lipinski definition) is 0. The minimum atomic E-state index is -3.02. The van der Waals surface area contributed by atoms with Gasteiger partial charge in [0.15, 0.2) is 17.2 Å². The third kappa shape index (κ3) is 4.11. The summed E-state index contributed by atoms with van der Waals surface area (Å²) in [5.74, 6) is -0.997. The number of carbonyl (C=O) groups is 1. The van der Waals surface area contributed by atoms with E-state index in [9.17, 15) is 23.7 Å². The number of nitro groups is 1. The number of hydrogen-bond acceptors (Lipinski definition) is 7. The smallest absolute Gasteiger partial charge is 0.387 e. The molecule has 0 saturated carbocycles. The maximum absolute atomic E-state index is 12.4. The van der Waals surface area contributed by atoms with Crippen LogP contribution in [-0.2, 0) is 9.53 Å². The Morgan fingerprint density at radius 1 is 1.21 bits per heavy atom. The van der Waals surface area contributed by atoms with Gasteiger partial charge in [-0.2, -0.15) is 8.78 Å². The SMILES string of the molecule is COc1cc(C2=N/C(=C\c3cccc([N+](=O)[O-])c3)C(=O)O2)ccc1OC(F)F. The van der Waals surface area contributed by atoms with Crippen molar-refractivity contribution in [3.05, 3.63) is 69.4 Å². The molecule has 0 aromatic heterocycles. The number of cyclic esters (lactones) is 1. The zero-order valence-corrected chi connectivity index (χ0v) is 14.3. The van der Waals surface area contributed by atoms with Crippen LogP contribution in [0.25, 0.3) is 6.08 Å². The number of alkyl halides is 2. The van der Waals surface area contributed by atoms with Crippen molar-refractivity contribution in [3.63, 3.8) is 0 Å². The van der Waals surface area contributed by atoms with Crippen molar-refractivity contribution in [3.8, 4) is 11.5 Å². The number of benzene rings is 2. The van der Waals surface area contributed by atoms with Crippen LogP contribution in [0.3, 0.4) is 0 Å². The molecule has 0 atom stereocenters. The molecule has 2 aromatic rings. The molecule has 144 valence electrons. The Labute approximate surface area is 156 Å². The Hall–Kier alpha value is -3.82. The average molecular weight is 390 g/mol. The van der Waals surface area contributed by atoms with E-state index in [0.717, 1.165) is 0 Å². The van der Waals surface area contributed by atoms with E-state index in [4.69, 9.17) is 9.47 Å². The van der Waals surface area contributed by atoms with Crippen molar-refractivity contribution in [2.45, 2.75) is 6.61 Å². The zero-order chi connectivity index (χ0) is 20.3. The Bertz CT molecular complexity index is 1000. The average Bonchev–Trinajstić information content (AvgIpc) is 3.02. The molecule has 0 fully saturated rings. The topological polar surface area (TPSA) is 100 Å². The van der Waals surface area contributed by atoms with Gasteiger partial charge in [0, 0.05) is 17.7 Å². The van der Waals surface area contributed by atoms with Gasteiger partial charge in [-0.15, -0.1) is 0 Å². The summed E-state index contributed by atoms with van der Waals surface area (Å²) in [6.45, 7) is -3.02. The molecular formula is C18H12F2N2O6. The highest BCUT2D eigenvalue weighted by atomic mass is 19.3. The van der Waals surface area contributed by atoms with Gasteiger partial charge in [0.25, 0.3) is 5.69 Å². The van der Waals surface area contributed by atoms with E-state index in [1.165, 1.54) is 49.6 Å². The van der Waals surface area contributed by atoms with E-state index in [0.29, 0.717) is 11.1 Å². The number of esters is 1. The van der Waals surface area contributed by atoms with Crippen LogP contribution in [0.4, 0.5) is 14.5 Å². The normalized spacial score (nSPS) is 14.8. The van der Waals surface area contributed by atoms with E-state index in [1.54, 1.807) is 6.07 Å². The standard InChI is InChI=1S/C18H12F2N2O6/c1-26-15-9-11(5-6-14(15)27-18(19)20)16-21-13(17(23)28-16)8-10-3-2-4-12(7-10)22(24)25/h2-9,18H,1H3/b13-8-. The molecule has 0 saturated heterocycles. The van der Waals surface area contributed by atoms with Crippen molar-refractivity contribution in [1.82, 2.24) is 0 Å². The first-order chi connectivity index (χ1) is 13.4. The summed E-state index contributed by atoms with van der Waals surface area (Å²) in [6.07, 6.45) is 1.34. The van der Waals surface area contributed by atoms with E-state index >= 15 is 0 Å². The summed E-state index contributed by atoms with van der Waals surface area (Å²) in [7, 11) is 1.27. The number of aliphatic imine (C=N–C) groups is 1. The van der Waals surface area contributed by atoms with Crippen molar-refractivity contribution >= 4 is 23.6 Å². The Kier molecular flexibility index (Phi) is 5.30. The van der Waals surface area contributed by atoms with Gasteiger partial charge in [0.1, 0.15) is 0 Å². The summed E-state index contributed by atoms with van der Waals surface area (Å²) in [5.41, 5.74) is 0.491. The lowest BCUT2D eigenvalue weighted by atomic mass is 10.1. The fourth-order valence-corrected chi connectivity index (χ4v) is 2.41. The van der Waals surface area contributed by atoms with Crippen molar-refractivity contribution < 1.29 is 32.7 Å². The monoisotopic (exact) mass is 390 g/mol. The molecule has 28 heavy (non-hydrogen) atoms. The number of non-ortho nitro benzene ring substituents is 1. The minimum absolute atomic E-state index is 0.00710. The van der Waals surface area contributed by atoms with E-state index < -0.39 is 17.5 Å². The van der Waals surface area contributed by atoms with Gasteiger partial charge in [0.05, 0.1) is 12.0 Å². The fraction of sp³-hybridized carbons (Fsp3) is 0.111. The Morgan fingerprint density at radius 2 is 2.00 bits per heavy atom. The van der Waals surface area contributed by atoms with Gasteiger partial charge in [-0.3, -0.25) is 10.1 Å². The summed E-state index contributed by atoms with van der Waals surface area (Å²) < 4.78 is 39.2. The number of rotatable bonds is 6. The first-order valence-corrected chi connectivity index (χ1v) is 7.77. The van der Waals surface area contributed by atoms with Crippen LogP contribution in [0.1, 0.15) is 11.1 Å². The number of methoxy groups -OCH3 is 1. The number of carbonyl (C=O) groups excluding carboxylic acids is 1. The summed E-state index contributed by atoms with van der Waals surface area (Å²) in [6, 6.07) is 9.59. The zero-order valence-electron chi connectivity index (χ0n) is 14.3. The predicted octanol–water partition coefficient (Wildman–Crippen LogP) is 3.55. The highest BCUT2D eigenvalue weighted by molar-refractivity contribution is 6.13. The fourth-order valence-electron chi connectivity index (χ4n) is 2.41. The Balaban J connectivity index is 1.91. The molecule has 8 nitrogen and oxygen atoms in total. The lowest BCUT2D eigenvalue weighted by molar-refractivity contribution is -0.384. The highest BCUT2D eigenvalue weighted by Gasteiger charge is 2.25. The second-order valence-electron chi connectivity index (χ2n) is 5.43. The van der Waals surface area contributed by atoms with Crippen LogP contribution in [0.2, 0.25) is 0 Å². The molecule has 1 heterocycles. The molecule has 10 heteroatoms. The van der Waals surface area contributed by atoms with Crippen molar-refractivity contribution in [1.29, 1.82) is 0 Å². The molecule has 3 rings (SSSR count). The van der Waals surface area contributed by atoms with Gasteiger partial charge in [-0.25, -0.2) is 9.79 Å². The van der Waals surface area contributed by atoms with Gasteiger partial charge in [0.2, 0.25) is 5.90 Å². The van der Waals surface area contributed by atoms with Crippen LogP contribution in [0.5, 0.6) is 11.5 Å². The molecule has 0 N–H and O–H groups in total. The molecular weight excluding hydrogens is 378 g/mol. The maximum atomic E-state index is 12.4. The van der Waals surface area contributed by atoms with Crippen molar-refractivity contribution in [2.24, 2.45) is 4.99 Å². The van der Waals surface area contributed by atoms with Gasteiger partial charge >= 0.3 is 12.6 Å². The van der Waals surface area contributed by atoms with E-state index in [-0.39, 0.29) is 28.8 Å². The first kappa shape index (κ1) is 19.0. The lowest BCUT2D eigenvalue weighted by Crippen LogP contribution is -2.07. The third-order valence-electron chi connectivity index (χ3n) is 3.63. The number of nitro benzene ring substituents is 1. The first-order valence-electron chi connectivity index (χ1n) is 7.77. The second-order valence-corrected chi connectivity index (χ2v) is 5.43. The molecule has 1 aliphatic heterocycles. The number of nitrogens with zero attached hydrogens (tertiary/aromatic N) is 2. The lowest BCUT2D eigenvalue weighted by Gasteiger charge is -2.10. The summed E-state index contributed by atoms with van der Waals surface area (Å²) in [5, 5.41) is 10.8. The van der Waals surface area contributed by atoms with E-state index in [2.05, 4.69) is 9.73 Å². The summed E-state index contributed by atoms with van der Waals surface area (Å²) in [4.78, 5) is 26.4. The minimum Gasteiger partial charge on any atom is -0.493 e. The van der Waals surface area contributed by atoms with E-state index in [1.807, 2.05) is 0 Å².